The minimum absolute atomic E-state index is 0.117. The average molecular weight is 398 g/mol. The predicted octanol–water partition coefficient (Wildman–Crippen LogP) is 4.92. The Labute approximate surface area is 172 Å². The first-order valence-electron chi connectivity index (χ1n) is 10.4. The molecule has 1 unspecified atom stereocenters. The fourth-order valence-electron chi connectivity index (χ4n) is 3.50. The Kier molecular flexibility index (Phi) is 7.79. The van der Waals surface area contributed by atoms with Gasteiger partial charge in [-0.05, 0) is 61.9 Å². The molecule has 0 aromatic heterocycles. The Morgan fingerprint density at radius 2 is 1.86 bits per heavy atom. The van der Waals surface area contributed by atoms with Crippen molar-refractivity contribution >= 4 is 5.97 Å². The van der Waals surface area contributed by atoms with Crippen LogP contribution in [0.25, 0.3) is 0 Å². The first-order chi connectivity index (χ1) is 14.2. The van der Waals surface area contributed by atoms with Crippen LogP contribution >= 0.6 is 0 Å². The maximum Gasteiger partial charge on any atom is 0.305 e. The van der Waals surface area contributed by atoms with Crippen molar-refractivity contribution in [2.24, 2.45) is 0 Å². The van der Waals surface area contributed by atoms with Crippen molar-refractivity contribution in [3.63, 3.8) is 0 Å². The van der Waals surface area contributed by atoms with Crippen molar-refractivity contribution in [1.82, 2.24) is 0 Å². The summed E-state index contributed by atoms with van der Waals surface area (Å²) in [7, 11) is 1.68. The zero-order chi connectivity index (χ0) is 20.5. The molecule has 0 bridgehead atoms. The molecule has 0 spiro atoms. The maximum absolute atomic E-state index is 11.3. The van der Waals surface area contributed by atoms with Gasteiger partial charge in [-0.25, -0.2) is 0 Å². The molecule has 1 atom stereocenters. The first kappa shape index (κ1) is 21.0. The number of carbonyl (C=O) groups excluding carboxylic acids is 1. The largest absolute Gasteiger partial charge is 0.497 e. The van der Waals surface area contributed by atoms with E-state index >= 15 is 0 Å². The van der Waals surface area contributed by atoms with Crippen molar-refractivity contribution in [3.05, 3.63) is 53.6 Å². The van der Waals surface area contributed by atoms with Gasteiger partial charge in [0, 0.05) is 18.4 Å². The second kappa shape index (κ2) is 10.7. The van der Waals surface area contributed by atoms with E-state index in [1.54, 1.807) is 7.11 Å². The quantitative estimate of drug-likeness (QED) is 0.420. The third kappa shape index (κ3) is 6.14. The van der Waals surface area contributed by atoms with E-state index in [9.17, 15) is 4.79 Å². The molecule has 0 radical (unpaired) electrons. The molecule has 2 aromatic rings. The molecule has 3 rings (SSSR count). The van der Waals surface area contributed by atoms with Gasteiger partial charge >= 0.3 is 5.97 Å². The van der Waals surface area contributed by atoms with E-state index in [2.05, 4.69) is 18.2 Å². The van der Waals surface area contributed by atoms with Crippen molar-refractivity contribution < 1.29 is 23.7 Å². The first-order valence-corrected chi connectivity index (χ1v) is 10.4. The topological polar surface area (TPSA) is 54.0 Å². The molecule has 5 nitrogen and oxygen atoms in total. The molecular formula is C24H30O5. The monoisotopic (exact) mass is 398 g/mol. The highest BCUT2D eigenvalue weighted by molar-refractivity contribution is 5.69. The number of fused-ring (bicyclic) bond motifs is 1. The van der Waals surface area contributed by atoms with Crippen LogP contribution in [0.5, 0.6) is 17.2 Å². The standard InChI is InChI=1S/C24H30O5/c1-3-27-24(25)7-5-4-6-14-28-22-13-10-19-15-20(17-29-23(19)16-22)18-8-11-21(26-2)12-9-18/h8-13,16,20H,3-7,14-15,17H2,1-2H3. The number of rotatable bonds is 10. The van der Waals surface area contributed by atoms with Gasteiger partial charge in [-0.2, -0.15) is 0 Å². The number of hydrogen-bond donors (Lipinski definition) is 0. The second-order valence-corrected chi connectivity index (χ2v) is 7.22. The molecule has 1 aliphatic rings. The lowest BCUT2D eigenvalue weighted by molar-refractivity contribution is -0.143. The molecule has 29 heavy (non-hydrogen) atoms. The average Bonchev–Trinajstić information content (AvgIpc) is 2.76. The molecule has 2 aromatic carbocycles. The maximum atomic E-state index is 11.3. The molecule has 0 saturated carbocycles. The highest BCUT2D eigenvalue weighted by atomic mass is 16.5. The number of ether oxygens (including phenoxy) is 4. The van der Waals surface area contributed by atoms with Crippen LogP contribution in [0.2, 0.25) is 0 Å². The summed E-state index contributed by atoms with van der Waals surface area (Å²) < 4.78 is 22.0. The normalized spacial score (nSPS) is 15.2. The van der Waals surface area contributed by atoms with Crippen molar-refractivity contribution in [2.45, 2.75) is 44.9 Å². The summed E-state index contributed by atoms with van der Waals surface area (Å²) in [5.41, 5.74) is 2.47. The van der Waals surface area contributed by atoms with E-state index in [0.29, 0.717) is 32.2 Å². The second-order valence-electron chi connectivity index (χ2n) is 7.22. The summed E-state index contributed by atoms with van der Waals surface area (Å²) in [5, 5.41) is 0. The molecule has 0 aliphatic carbocycles. The smallest absolute Gasteiger partial charge is 0.305 e. The van der Waals surface area contributed by atoms with Crippen LogP contribution in [-0.2, 0) is 16.0 Å². The number of benzene rings is 2. The molecule has 1 aliphatic heterocycles. The van der Waals surface area contributed by atoms with Crippen LogP contribution in [0.1, 0.15) is 49.7 Å². The summed E-state index contributed by atoms with van der Waals surface area (Å²) in [4.78, 5) is 11.3. The molecule has 1 heterocycles. The minimum atomic E-state index is -0.117. The Bertz CT molecular complexity index is 784. The summed E-state index contributed by atoms with van der Waals surface area (Å²) in [6.45, 7) is 3.57. The van der Waals surface area contributed by atoms with E-state index in [4.69, 9.17) is 18.9 Å². The van der Waals surface area contributed by atoms with Gasteiger partial charge < -0.3 is 18.9 Å². The summed E-state index contributed by atoms with van der Waals surface area (Å²) in [6.07, 6.45) is 4.13. The minimum Gasteiger partial charge on any atom is -0.497 e. The zero-order valence-electron chi connectivity index (χ0n) is 17.3. The van der Waals surface area contributed by atoms with Gasteiger partial charge in [0.15, 0.2) is 0 Å². The number of hydrogen-bond acceptors (Lipinski definition) is 5. The molecule has 156 valence electrons. The van der Waals surface area contributed by atoms with E-state index in [0.717, 1.165) is 42.9 Å². The van der Waals surface area contributed by atoms with Gasteiger partial charge in [-0.1, -0.05) is 18.2 Å². The van der Waals surface area contributed by atoms with Gasteiger partial charge in [0.1, 0.15) is 17.2 Å². The van der Waals surface area contributed by atoms with Gasteiger partial charge in [0.2, 0.25) is 0 Å². The van der Waals surface area contributed by atoms with E-state index in [-0.39, 0.29) is 5.97 Å². The fourth-order valence-corrected chi connectivity index (χ4v) is 3.50. The van der Waals surface area contributed by atoms with Gasteiger partial charge in [-0.3, -0.25) is 4.79 Å². The van der Waals surface area contributed by atoms with Crippen LogP contribution < -0.4 is 14.2 Å². The Morgan fingerprint density at radius 1 is 1.07 bits per heavy atom. The van der Waals surface area contributed by atoms with Crippen LogP contribution in [0, 0.1) is 0 Å². The molecule has 0 amide bonds. The summed E-state index contributed by atoms with van der Waals surface area (Å²) in [5.74, 6) is 2.84. The lowest BCUT2D eigenvalue weighted by atomic mass is 9.90. The third-order valence-corrected chi connectivity index (χ3v) is 5.13. The lowest BCUT2D eigenvalue weighted by Gasteiger charge is -2.26. The highest BCUT2D eigenvalue weighted by Gasteiger charge is 2.22. The Balaban J connectivity index is 1.44. The van der Waals surface area contributed by atoms with Crippen LogP contribution in [-0.4, -0.2) is 32.9 Å². The number of carbonyl (C=O) groups is 1. The van der Waals surface area contributed by atoms with Crippen molar-refractivity contribution in [1.29, 1.82) is 0 Å². The number of esters is 1. The molecular weight excluding hydrogens is 368 g/mol. The molecule has 5 heteroatoms. The molecule has 0 saturated heterocycles. The van der Waals surface area contributed by atoms with E-state index in [1.807, 2.05) is 31.2 Å². The SMILES string of the molecule is CCOC(=O)CCCCCOc1ccc2c(c1)OCC(c1ccc(OC)cc1)C2. The third-order valence-electron chi connectivity index (χ3n) is 5.13. The van der Waals surface area contributed by atoms with Gasteiger partial charge in [0.25, 0.3) is 0 Å². The van der Waals surface area contributed by atoms with E-state index in [1.165, 1.54) is 11.1 Å². The predicted molar refractivity (Wildman–Crippen MR) is 112 cm³/mol. The van der Waals surface area contributed by atoms with Crippen LogP contribution in [0.3, 0.4) is 0 Å². The van der Waals surface area contributed by atoms with Gasteiger partial charge in [0.05, 0.1) is 26.9 Å². The Hall–Kier alpha value is -2.69. The number of unbranched alkanes of at least 4 members (excludes halogenated alkanes) is 2. The number of methoxy groups -OCH3 is 1. The van der Waals surface area contributed by atoms with E-state index < -0.39 is 0 Å². The van der Waals surface area contributed by atoms with Crippen molar-refractivity contribution in [2.75, 3.05) is 26.9 Å². The summed E-state index contributed by atoms with van der Waals surface area (Å²) >= 11 is 0. The molecule has 0 N–H and O–H groups in total. The van der Waals surface area contributed by atoms with Gasteiger partial charge in [-0.15, -0.1) is 0 Å². The highest BCUT2D eigenvalue weighted by Crippen LogP contribution is 2.35. The fraction of sp³-hybridized carbons (Fsp3) is 0.458. The van der Waals surface area contributed by atoms with Crippen molar-refractivity contribution in [3.8, 4) is 17.2 Å². The lowest BCUT2D eigenvalue weighted by Crippen LogP contribution is -2.19. The van der Waals surface area contributed by atoms with Crippen LogP contribution in [0.15, 0.2) is 42.5 Å². The molecule has 0 fully saturated rings. The summed E-state index contributed by atoms with van der Waals surface area (Å²) in [6, 6.07) is 14.3. The van der Waals surface area contributed by atoms with Crippen LogP contribution in [0.4, 0.5) is 0 Å². The zero-order valence-corrected chi connectivity index (χ0v) is 17.3. The Morgan fingerprint density at radius 3 is 2.62 bits per heavy atom.